The Morgan fingerprint density at radius 3 is 2.56 bits per heavy atom. The second-order valence-corrected chi connectivity index (χ2v) is 12.0. The van der Waals surface area contributed by atoms with Gasteiger partial charge in [-0.1, -0.05) is 37.2 Å². The molecule has 4 rings (SSSR count). The van der Waals surface area contributed by atoms with Crippen LogP contribution in [-0.4, -0.2) is 35.7 Å². The molecular weight excluding hydrogens is 450 g/mol. The van der Waals surface area contributed by atoms with Gasteiger partial charge in [0.05, 0.1) is 0 Å². The molecule has 0 spiro atoms. The normalized spacial score (nSPS) is 18.9. The zero-order valence-corrected chi connectivity index (χ0v) is 20.7. The highest BCUT2D eigenvalue weighted by Gasteiger charge is 2.33. The molecule has 3 N–H and O–H groups in total. The molecule has 1 saturated heterocycles. The fraction of sp³-hybridized carbons (Fsp3) is 0.444. The third-order valence-electron chi connectivity index (χ3n) is 6.72. The molecule has 2 aromatic rings. The van der Waals surface area contributed by atoms with Crippen molar-refractivity contribution in [1.29, 1.82) is 0 Å². The van der Waals surface area contributed by atoms with E-state index in [4.69, 9.17) is 10.1 Å². The van der Waals surface area contributed by atoms with E-state index in [2.05, 4.69) is 29.7 Å². The van der Waals surface area contributed by atoms with Gasteiger partial charge in [0.25, 0.3) is 0 Å². The molecule has 2 heterocycles. The number of aromatic nitrogens is 1. The summed E-state index contributed by atoms with van der Waals surface area (Å²) in [6.07, 6.45) is 6.83. The smallest absolute Gasteiger partial charge is 0.249 e. The van der Waals surface area contributed by atoms with Crippen LogP contribution in [0.3, 0.4) is 0 Å². The zero-order valence-electron chi connectivity index (χ0n) is 19.9. The van der Waals surface area contributed by atoms with E-state index in [1.165, 1.54) is 18.4 Å². The Balaban J connectivity index is 1.70. The van der Waals surface area contributed by atoms with Crippen molar-refractivity contribution < 1.29 is 8.78 Å². The summed E-state index contributed by atoms with van der Waals surface area (Å²) in [7, 11) is -1.85. The number of alkyl halides is 2. The van der Waals surface area contributed by atoms with Crippen molar-refractivity contribution in [1.82, 2.24) is 4.98 Å². The number of nitrogens with two attached hydrogens (primary N) is 1. The van der Waals surface area contributed by atoms with Crippen LogP contribution < -0.4 is 15.4 Å². The van der Waals surface area contributed by atoms with Gasteiger partial charge < -0.3 is 10.2 Å². The maximum Gasteiger partial charge on any atom is 0.249 e. The maximum atomic E-state index is 14.1. The third-order valence-corrected chi connectivity index (χ3v) is 7.91. The number of rotatable bonds is 5. The zero-order chi connectivity index (χ0) is 24.3. The third kappa shape index (κ3) is 5.99. The minimum Gasteiger partial charge on any atom is -0.356 e. The average Bonchev–Trinajstić information content (AvgIpc) is 2.94. The molecule has 1 aromatic heterocycles. The second kappa shape index (κ2) is 10.1. The Hall–Kier alpha value is -2.38. The number of hydrogen-bond acceptors (Lipinski definition) is 4. The van der Waals surface area contributed by atoms with Crippen LogP contribution in [-0.2, 0) is 12.8 Å². The van der Waals surface area contributed by atoms with E-state index in [0.717, 1.165) is 53.3 Å². The van der Waals surface area contributed by atoms with Gasteiger partial charge in [-0.05, 0) is 61.9 Å². The first-order valence-electron chi connectivity index (χ1n) is 12.1. The molecule has 0 unspecified atom stereocenters. The van der Waals surface area contributed by atoms with E-state index < -0.39 is 15.3 Å². The summed E-state index contributed by atoms with van der Waals surface area (Å²) in [6.45, 7) is 5.19. The second-order valence-electron chi connectivity index (χ2n) is 9.65. The van der Waals surface area contributed by atoms with Crippen molar-refractivity contribution in [3.63, 3.8) is 0 Å². The highest BCUT2D eigenvalue weighted by molar-refractivity contribution is 8.26. The number of benzene rings is 1. The molecule has 7 heteroatoms. The number of aryl methyl sites for hydroxylation is 2. The standard InChI is InChI=1S/C27H36F2N4S/c1-20(31-22-11-8-12-23(19-22)34(2,3)30)24-18-21-10-6-4-5-7-13-25(21)32-26(24)33-16-9-14-27(28,29)15-17-33/h8,11-12,18-19,31H,1-7,9-10,13-17,30H2. The van der Waals surface area contributed by atoms with Gasteiger partial charge in [-0.3, -0.25) is 5.14 Å². The fourth-order valence-corrected chi connectivity index (χ4v) is 5.49. The van der Waals surface area contributed by atoms with Gasteiger partial charge in [-0.15, -0.1) is 9.39 Å². The molecule has 0 amide bonds. The average molecular weight is 487 g/mol. The van der Waals surface area contributed by atoms with E-state index in [0.29, 0.717) is 18.7 Å². The Morgan fingerprint density at radius 1 is 1.03 bits per heavy atom. The lowest BCUT2D eigenvalue weighted by atomic mass is 9.95. The lowest BCUT2D eigenvalue weighted by Gasteiger charge is -2.27. The van der Waals surface area contributed by atoms with Crippen LogP contribution in [0.2, 0.25) is 0 Å². The van der Waals surface area contributed by atoms with Crippen LogP contribution in [0.1, 0.15) is 61.8 Å². The van der Waals surface area contributed by atoms with Crippen molar-refractivity contribution in [2.75, 3.05) is 23.3 Å². The van der Waals surface area contributed by atoms with E-state index >= 15 is 0 Å². The summed E-state index contributed by atoms with van der Waals surface area (Å²) in [5, 5.41) is 9.57. The first-order chi connectivity index (χ1) is 16.1. The van der Waals surface area contributed by atoms with Gasteiger partial charge >= 0.3 is 0 Å². The molecule has 1 fully saturated rings. The Labute approximate surface area is 202 Å². The van der Waals surface area contributed by atoms with Gasteiger partial charge in [0.2, 0.25) is 5.92 Å². The lowest BCUT2D eigenvalue weighted by Crippen LogP contribution is -2.28. The molecule has 4 nitrogen and oxygen atoms in total. The number of fused-ring (bicyclic) bond motifs is 1. The molecule has 34 heavy (non-hydrogen) atoms. The number of nitrogens with zero attached hydrogens (tertiary/aromatic N) is 2. The quantitative estimate of drug-likeness (QED) is 0.484. The molecule has 0 bridgehead atoms. The Morgan fingerprint density at radius 2 is 1.79 bits per heavy atom. The van der Waals surface area contributed by atoms with Crippen LogP contribution >= 0.6 is 9.39 Å². The van der Waals surface area contributed by atoms with Crippen molar-refractivity contribution in [3.05, 3.63) is 53.7 Å². The molecule has 0 atom stereocenters. The molecule has 1 aliphatic carbocycles. The van der Waals surface area contributed by atoms with Crippen molar-refractivity contribution in [3.8, 4) is 0 Å². The minimum atomic E-state index is -2.62. The minimum absolute atomic E-state index is 0.0744. The van der Waals surface area contributed by atoms with Gasteiger partial charge in [-0.2, -0.15) is 0 Å². The highest BCUT2D eigenvalue weighted by Crippen LogP contribution is 2.35. The predicted octanol–water partition coefficient (Wildman–Crippen LogP) is 6.35. The lowest BCUT2D eigenvalue weighted by molar-refractivity contribution is -0.0102. The van der Waals surface area contributed by atoms with E-state index in [1.807, 2.05) is 29.2 Å². The largest absolute Gasteiger partial charge is 0.356 e. The Kier molecular flexibility index (Phi) is 7.33. The predicted molar refractivity (Wildman–Crippen MR) is 145 cm³/mol. The number of hydrogen-bond donors (Lipinski definition) is 2. The first kappa shape index (κ1) is 24.7. The first-order valence-corrected chi connectivity index (χ1v) is 14.1. The number of halogens is 2. The molecule has 2 aliphatic rings. The molecule has 0 radical (unpaired) electrons. The van der Waals surface area contributed by atoms with E-state index in [1.54, 1.807) is 0 Å². The van der Waals surface area contributed by atoms with Gasteiger partial charge in [0, 0.05) is 53.5 Å². The summed E-state index contributed by atoms with van der Waals surface area (Å²) >= 11 is 0. The van der Waals surface area contributed by atoms with E-state index in [9.17, 15) is 8.78 Å². The van der Waals surface area contributed by atoms with Crippen LogP contribution in [0.5, 0.6) is 0 Å². The maximum absolute atomic E-state index is 14.1. The fourth-order valence-electron chi connectivity index (χ4n) is 4.78. The van der Waals surface area contributed by atoms with Crippen LogP contribution in [0.25, 0.3) is 5.70 Å². The molecule has 184 valence electrons. The van der Waals surface area contributed by atoms with Crippen molar-refractivity contribution in [2.24, 2.45) is 5.14 Å². The monoisotopic (exact) mass is 486 g/mol. The molecule has 0 saturated carbocycles. The summed E-state index contributed by atoms with van der Waals surface area (Å²) in [5.41, 5.74) is 4.78. The van der Waals surface area contributed by atoms with Crippen LogP contribution in [0.4, 0.5) is 20.3 Å². The topological polar surface area (TPSA) is 54.2 Å². The Bertz CT molecular complexity index is 1160. The molecular formula is C27H36F2N4S. The summed E-state index contributed by atoms with van der Waals surface area (Å²) in [6, 6.07) is 9.94. The van der Waals surface area contributed by atoms with Crippen LogP contribution in [0, 0.1) is 0 Å². The van der Waals surface area contributed by atoms with Crippen molar-refractivity contribution in [2.45, 2.75) is 68.6 Å². The highest BCUT2D eigenvalue weighted by atomic mass is 32.2. The van der Waals surface area contributed by atoms with Gasteiger partial charge in [-0.25, -0.2) is 13.8 Å². The summed E-state index contributed by atoms with van der Waals surface area (Å²) in [5.74, 6) is 6.15. The van der Waals surface area contributed by atoms with E-state index in [-0.39, 0.29) is 19.4 Å². The van der Waals surface area contributed by atoms with Crippen LogP contribution in [0.15, 0.2) is 41.8 Å². The SMILES string of the molecule is C=C(Nc1cccc(S(=C)(=C)N)c1)c1cc2c(nc1N1CCCC(F)(F)CC1)CCCCCC2. The summed E-state index contributed by atoms with van der Waals surface area (Å²) < 4.78 is 28.2. The summed E-state index contributed by atoms with van der Waals surface area (Å²) in [4.78, 5) is 8.00. The number of nitrogens with one attached hydrogen (secondary N) is 1. The van der Waals surface area contributed by atoms with Gasteiger partial charge in [0.1, 0.15) is 5.82 Å². The van der Waals surface area contributed by atoms with Crippen molar-refractivity contribution >= 4 is 38.3 Å². The molecule has 1 aromatic carbocycles. The number of pyridine rings is 1. The number of anilines is 2. The van der Waals surface area contributed by atoms with Gasteiger partial charge in [0.15, 0.2) is 0 Å². The molecule has 1 aliphatic heterocycles.